The Hall–Kier alpha value is -1.13. The molecule has 1 aromatic rings. The lowest BCUT2D eigenvalue weighted by Gasteiger charge is -2.35. The summed E-state index contributed by atoms with van der Waals surface area (Å²) < 4.78 is 1.00. The number of amides is 1. The fourth-order valence-corrected chi connectivity index (χ4v) is 2.80. The first-order valence-electron chi connectivity index (χ1n) is 6.54. The van der Waals surface area contributed by atoms with Gasteiger partial charge in [0.05, 0.1) is 0 Å². The zero-order chi connectivity index (χ0) is 13.8. The molecule has 1 fully saturated rings. The molecule has 1 heterocycles. The molecule has 1 aliphatic rings. The Balaban J connectivity index is 2.03. The van der Waals surface area contributed by atoms with Gasteiger partial charge in [-0.25, -0.2) is 0 Å². The van der Waals surface area contributed by atoms with E-state index in [-0.39, 0.29) is 5.91 Å². The van der Waals surface area contributed by atoms with E-state index in [4.69, 9.17) is 0 Å². The van der Waals surface area contributed by atoms with Gasteiger partial charge >= 0.3 is 0 Å². The Bertz CT molecular complexity index is 477. The molecule has 1 amide bonds. The van der Waals surface area contributed by atoms with E-state index in [0.717, 1.165) is 23.1 Å². The summed E-state index contributed by atoms with van der Waals surface area (Å²) in [6.07, 6.45) is 3.52. The number of nitrogens with one attached hydrogen (secondary N) is 1. The molecule has 1 aliphatic heterocycles. The highest BCUT2D eigenvalue weighted by Crippen LogP contribution is 2.17. The van der Waals surface area contributed by atoms with Crippen molar-refractivity contribution in [3.05, 3.63) is 40.4 Å². The largest absolute Gasteiger partial charge is 0.336 e. The Morgan fingerprint density at radius 1 is 1.32 bits per heavy atom. The van der Waals surface area contributed by atoms with Crippen LogP contribution >= 0.6 is 15.9 Å². The average Bonchev–Trinajstić information content (AvgIpc) is 2.36. The van der Waals surface area contributed by atoms with Crippen molar-refractivity contribution in [1.29, 1.82) is 0 Å². The standard InChI is InChI=1S/C15H19BrN2O/c1-11-9-18(10-12(2)17-11)15(19)8-7-13-5-3-4-6-14(13)16/h3-8,11-12,17H,9-10H2,1-2H3. The molecule has 4 heteroatoms. The molecule has 0 bridgehead atoms. The van der Waals surface area contributed by atoms with Gasteiger partial charge < -0.3 is 10.2 Å². The van der Waals surface area contributed by atoms with Crippen LogP contribution in [0.3, 0.4) is 0 Å². The molecule has 3 nitrogen and oxygen atoms in total. The topological polar surface area (TPSA) is 32.3 Å². The molecule has 2 unspecified atom stereocenters. The summed E-state index contributed by atoms with van der Waals surface area (Å²) >= 11 is 3.48. The van der Waals surface area contributed by atoms with Gasteiger partial charge in [0.2, 0.25) is 5.91 Å². The number of rotatable bonds is 2. The Kier molecular flexibility index (Phi) is 4.77. The zero-order valence-electron chi connectivity index (χ0n) is 11.3. The maximum atomic E-state index is 12.2. The molecule has 0 radical (unpaired) electrons. The molecule has 2 atom stereocenters. The lowest BCUT2D eigenvalue weighted by Crippen LogP contribution is -2.55. The van der Waals surface area contributed by atoms with E-state index in [1.807, 2.05) is 35.2 Å². The maximum absolute atomic E-state index is 12.2. The fraction of sp³-hybridized carbons (Fsp3) is 0.400. The summed E-state index contributed by atoms with van der Waals surface area (Å²) in [5.41, 5.74) is 1.02. The van der Waals surface area contributed by atoms with Gasteiger partial charge in [0, 0.05) is 35.7 Å². The molecule has 19 heavy (non-hydrogen) atoms. The molecule has 2 rings (SSSR count). The van der Waals surface area contributed by atoms with E-state index < -0.39 is 0 Å². The molecule has 0 aromatic heterocycles. The van der Waals surface area contributed by atoms with E-state index in [1.54, 1.807) is 6.08 Å². The molecular weight excluding hydrogens is 304 g/mol. The van der Waals surface area contributed by atoms with Crippen molar-refractivity contribution < 1.29 is 4.79 Å². The van der Waals surface area contributed by atoms with Crippen LogP contribution in [0.15, 0.2) is 34.8 Å². The van der Waals surface area contributed by atoms with Crippen LogP contribution in [0.25, 0.3) is 6.08 Å². The van der Waals surface area contributed by atoms with Crippen LogP contribution in [0, 0.1) is 0 Å². The summed E-state index contributed by atoms with van der Waals surface area (Å²) in [6, 6.07) is 8.58. The quantitative estimate of drug-likeness (QED) is 0.849. The van der Waals surface area contributed by atoms with Gasteiger partial charge in [-0.05, 0) is 31.6 Å². The minimum absolute atomic E-state index is 0.0796. The second-order valence-corrected chi connectivity index (χ2v) is 5.92. The van der Waals surface area contributed by atoms with E-state index in [2.05, 4.69) is 35.1 Å². The van der Waals surface area contributed by atoms with E-state index in [1.165, 1.54) is 0 Å². The number of hydrogen-bond acceptors (Lipinski definition) is 2. The number of hydrogen-bond donors (Lipinski definition) is 1. The highest BCUT2D eigenvalue weighted by Gasteiger charge is 2.23. The molecule has 0 spiro atoms. The SMILES string of the molecule is CC1CN(C(=O)C=Cc2ccccc2Br)CC(C)N1. The Morgan fingerprint density at radius 3 is 2.58 bits per heavy atom. The van der Waals surface area contributed by atoms with E-state index in [9.17, 15) is 4.79 Å². The molecule has 1 saturated heterocycles. The first-order valence-corrected chi connectivity index (χ1v) is 7.33. The third-order valence-electron chi connectivity index (χ3n) is 3.18. The van der Waals surface area contributed by atoms with Crippen LogP contribution in [0.2, 0.25) is 0 Å². The van der Waals surface area contributed by atoms with Crippen molar-refractivity contribution in [2.75, 3.05) is 13.1 Å². The van der Waals surface area contributed by atoms with Gasteiger partial charge in [-0.2, -0.15) is 0 Å². The normalized spacial score (nSPS) is 23.8. The molecule has 1 N–H and O–H groups in total. The average molecular weight is 323 g/mol. The Labute approximate surface area is 122 Å². The molecular formula is C15H19BrN2O. The number of carbonyl (C=O) groups is 1. The summed E-state index contributed by atoms with van der Waals surface area (Å²) in [5.74, 6) is 0.0796. The van der Waals surface area contributed by atoms with Crippen LogP contribution in [0.4, 0.5) is 0 Å². The molecule has 102 valence electrons. The molecule has 0 aliphatic carbocycles. The molecule has 1 aromatic carbocycles. The number of benzene rings is 1. The predicted octanol–water partition coefficient (Wildman–Crippen LogP) is 2.67. The third-order valence-corrected chi connectivity index (χ3v) is 3.90. The van der Waals surface area contributed by atoms with Gasteiger partial charge in [-0.15, -0.1) is 0 Å². The minimum atomic E-state index is 0.0796. The minimum Gasteiger partial charge on any atom is -0.336 e. The monoisotopic (exact) mass is 322 g/mol. The number of carbonyl (C=O) groups excluding carboxylic acids is 1. The highest BCUT2D eigenvalue weighted by molar-refractivity contribution is 9.10. The fourth-order valence-electron chi connectivity index (χ4n) is 2.38. The van der Waals surface area contributed by atoms with Gasteiger partial charge in [0.25, 0.3) is 0 Å². The van der Waals surface area contributed by atoms with Crippen molar-refractivity contribution in [3.8, 4) is 0 Å². The lowest BCUT2D eigenvalue weighted by molar-refractivity contribution is -0.127. The van der Waals surface area contributed by atoms with Crippen molar-refractivity contribution in [3.63, 3.8) is 0 Å². The molecule has 0 saturated carbocycles. The second-order valence-electron chi connectivity index (χ2n) is 5.07. The summed E-state index contributed by atoms with van der Waals surface area (Å²) in [7, 11) is 0. The first kappa shape index (κ1) is 14.3. The van der Waals surface area contributed by atoms with Crippen LogP contribution in [-0.2, 0) is 4.79 Å². The second kappa shape index (κ2) is 6.35. The summed E-state index contributed by atoms with van der Waals surface area (Å²) in [5, 5.41) is 3.42. The summed E-state index contributed by atoms with van der Waals surface area (Å²) in [4.78, 5) is 14.1. The number of halogens is 1. The zero-order valence-corrected chi connectivity index (χ0v) is 12.9. The first-order chi connectivity index (χ1) is 9.06. The van der Waals surface area contributed by atoms with Gasteiger partial charge in [-0.1, -0.05) is 34.1 Å². The van der Waals surface area contributed by atoms with Crippen molar-refractivity contribution >= 4 is 27.9 Å². The van der Waals surface area contributed by atoms with Gasteiger partial charge in [-0.3, -0.25) is 4.79 Å². The van der Waals surface area contributed by atoms with Crippen molar-refractivity contribution in [1.82, 2.24) is 10.2 Å². The third kappa shape index (κ3) is 3.91. The lowest BCUT2D eigenvalue weighted by atomic mass is 10.1. The van der Waals surface area contributed by atoms with E-state index in [0.29, 0.717) is 12.1 Å². The predicted molar refractivity (Wildman–Crippen MR) is 81.8 cm³/mol. The maximum Gasteiger partial charge on any atom is 0.246 e. The van der Waals surface area contributed by atoms with Crippen LogP contribution in [0.5, 0.6) is 0 Å². The van der Waals surface area contributed by atoms with Crippen LogP contribution in [0.1, 0.15) is 19.4 Å². The summed E-state index contributed by atoms with van der Waals surface area (Å²) in [6.45, 7) is 5.74. The Morgan fingerprint density at radius 2 is 1.95 bits per heavy atom. The van der Waals surface area contributed by atoms with Crippen LogP contribution < -0.4 is 5.32 Å². The highest BCUT2D eigenvalue weighted by atomic mass is 79.9. The number of piperazine rings is 1. The van der Waals surface area contributed by atoms with Gasteiger partial charge in [0.1, 0.15) is 0 Å². The van der Waals surface area contributed by atoms with E-state index >= 15 is 0 Å². The van der Waals surface area contributed by atoms with Crippen molar-refractivity contribution in [2.24, 2.45) is 0 Å². The van der Waals surface area contributed by atoms with Crippen molar-refractivity contribution in [2.45, 2.75) is 25.9 Å². The van der Waals surface area contributed by atoms with Gasteiger partial charge in [0.15, 0.2) is 0 Å². The number of nitrogens with zero attached hydrogens (tertiary/aromatic N) is 1. The van der Waals surface area contributed by atoms with Crippen LogP contribution in [-0.4, -0.2) is 36.0 Å². The smallest absolute Gasteiger partial charge is 0.246 e.